The third-order valence-corrected chi connectivity index (χ3v) is 6.88. The van der Waals surface area contributed by atoms with Gasteiger partial charge in [0, 0.05) is 6.42 Å². The number of quaternary nitrogens is 1. The van der Waals surface area contributed by atoms with Crippen LogP contribution in [0.3, 0.4) is 0 Å². The van der Waals surface area contributed by atoms with Crippen LogP contribution < -0.4 is 5.32 Å². The summed E-state index contributed by atoms with van der Waals surface area (Å²) in [5, 5.41) is 12.9. The molecular formula is C27H53N2O+. The average Bonchev–Trinajstić information content (AvgIpc) is 3.16. The summed E-state index contributed by atoms with van der Waals surface area (Å²) >= 11 is 0. The lowest BCUT2D eigenvalue weighted by molar-refractivity contribution is -0.900. The van der Waals surface area contributed by atoms with Gasteiger partial charge in [-0.05, 0) is 39.0 Å². The van der Waals surface area contributed by atoms with Crippen LogP contribution in [0.2, 0.25) is 0 Å². The molecule has 0 fully saturated rings. The Morgan fingerprint density at radius 3 is 1.83 bits per heavy atom. The molecule has 3 heteroatoms. The summed E-state index contributed by atoms with van der Waals surface area (Å²) in [6.07, 6.45) is 32.9. The van der Waals surface area contributed by atoms with Gasteiger partial charge in [-0.3, -0.25) is 4.48 Å². The zero-order valence-electron chi connectivity index (χ0n) is 20.4. The smallest absolute Gasteiger partial charge is 0.166 e. The van der Waals surface area contributed by atoms with Crippen LogP contribution in [-0.4, -0.2) is 35.5 Å². The molecule has 1 aliphatic rings. The zero-order chi connectivity index (χ0) is 21.8. The predicted octanol–water partition coefficient (Wildman–Crippen LogP) is 7.42. The highest BCUT2D eigenvalue weighted by Gasteiger charge is 2.35. The van der Waals surface area contributed by atoms with Crippen molar-refractivity contribution in [3.05, 3.63) is 24.6 Å². The van der Waals surface area contributed by atoms with E-state index in [0.29, 0.717) is 6.17 Å². The lowest BCUT2D eigenvalue weighted by atomic mass is 10.0. The number of aliphatic hydroxyl groups is 1. The Hall–Kier alpha value is -0.800. The van der Waals surface area contributed by atoms with Gasteiger partial charge in [0.1, 0.15) is 12.7 Å². The molecule has 2 atom stereocenters. The van der Waals surface area contributed by atoms with Gasteiger partial charge in [0.05, 0.1) is 19.4 Å². The first-order chi connectivity index (χ1) is 14.8. The van der Waals surface area contributed by atoms with Gasteiger partial charge in [0.2, 0.25) is 0 Å². The first-order valence-corrected chi connectivity index (χ1v) is 13.3. The van der Waals surface area contributed by atoms with Gasteiger partial charge < -0.3 is 10.4 Å². The molecule has 2 unspecified atom stereocenters. The van der Waals surface area contributed by atoms with Crippen LogP contribution in [0.25, 0.3) is 0 Å². The molecule has 0 saturated carbocycles. The van der Waals surface area contributed by atoms with Crippen molar-refractivity contribution in [1.29, 1.82) is 0 Å². The number of likely N-dealkylation sites (N-methyl/N-ethyl adjacent to an activating group) is 1. The Balaban J connectivity index is 1.87. The first kappa shape index (κ1) is 27.2. The van der Waals surface area contributed by atoms with Crippen LogP contribution in [0, 0.1) is 0 Å². The summed E-state index contributed by atoms with van der Waals surface area (Å²) in [6, 6.07) is 0. The molecule has 3 nitrogen and oxygen atoms in total. The lowest BCUT2D eigenvalue weighted by Crippen LogP contribution is -2.54. The van der Waals surface area contributed by atoms with Crippen LogP contribution in [0.15, 0.2) is 24.6 Å². The molecule has 1 aliphatic heterocycles. The summed E-state index contributed by atoms with van der Waals surface area (Å²) in [5.74, 6) is 0. The van der Waals surface area contributed by atoms with E-state index in [1.165, 1.54) is 109 Å². The fourth-order valence-electron chi connectivity index (χ4n) is 4.73. The number of nitrogens with zero attached hydrogens (tertiary/aromatic N) is 1. The monoisotopic (exact) mass is 421 g/mol. The van der Waals surface area contributed by atoms with Crippen molar-refractivity contribution >= 4 is 0 Å². The number of allylic oxidation sites excluding steroid dienone is 2. The minimum atomic E-state index is 0.262. The van der Waals surface area contributed by atoms with E-state index in [1.807, 2.05) is 0 Å². The second kappa shape index (κ2) is 18.9. The fourth-order valence-corrected chi connectivity index (χ4v) is 4.73. The number of hydrogen-bond acceptors (Lipinski definition) is 2. The van der Waals surface area contributed by atoms with E-state index < -0.39 is 0 Å². The van der Waals surface area contributed by atoms with Gasteiger partial charge >= 0.3 is 0 Å². The van der Waals surface area contributed by atoms with Gasteiger partial charge in [0.25, 0.3) is 0 Å². The van der Waals surface area contributed by atoms with E-state index in [1.54, 1.807) is 0 Å². The van der Waals surface area contributed by atoms with Crippen molar-refractivity contribution in [1.82, 2.24) is 5.32 Å². The molecule has 0 aromatic carbocycles. The standard InChI is InChI=1S/C27H53N2O/c1-3-5-6-7-8-9-10-11-12-13-14-15-16-17-18-19-20-21-22-27-28-23-24-29(27,4-2)25-26-30/h17-18,23-24,27-28,30H,3-16,19-22,25-26H2,1-2H3/q+1/b18-17+. The number of nitrogens with one attached hydrogen (secondary N) is 1. The van der Waals surface area contributed by atoms with Gasteiger partial charge in [-0.2, -0.15) is 0 Å². The highest BCUT2D eigenvalue weighted by atomic mass is 16.3. The van der Waals surface area contributed by atoms with E-state index in [4.69, 9.17) is 0 Å². The molecule has 0 saturated heterocycles. The van der Waals surface area contributed by atoms with E-state index in [2.05, 4.69) is 43.7 Å². The van der Waals surface area contributed by atoms with E-state index in [9.17, 15) is 5.11 Å². The Morgan fingerprint density at radius 1 is 0.767 bits per heavy atom. The van der Waals surface area contributed by atoms with Crippen molar-refractivity contribution in [2.75, 3.05) is 19.7 Å². The van der Waals surface area contributed by atoms with Crippen molar-refractivity contribution in [3.8, 4) is 0 Å². The van der Waals surface area contributed by atoms with Crippen LogP contribution >= 0.6 is 0 Å². The van der Waals surface area contributed by atoms with Crippen molar-refractivity contribution in [2.24, 2.45) is 0 Å². The molecule has 0 aromatic rings. The maximum Gasteiger partial charge on any atom is 0.166 e. The highest BCUT2D eigenvalue weighted by molar-refractivity contribution is 4.85. The van der Waals surface area contributed by atoms with Crippen LogP contribution in [-0.2, 0) is 0 Å². The fraction of sp³-hybridized carbons (Fsp3) is 0.852. The average molecular weight is 422 g/mol. The molecule has 30 heavy (non-hydrogen) atoms. The van der Waals surface area contributed by atoms with Crippen LogP contribution in [0.4, 0.5) is 0 Å². The predicted molar refractivity (Wildman–Crippen MR) is 132 cm³/mol. The van der Waals surface area contributed by atoms with Crippen molar-refractivity contribution < 1.29 is 9.59 Å². The summed E-state index contributed by atoms with van der Waals surface area (Å²) in [6.45, 7) is 6.65. The Kier molecular flexibility index (Phi) is 17.2. The molecule has 1 rings (SSSR count). The third kappa shape index (κ3) is 12.2. The summed E-state index contributed by atoms with van der Waals surface area (Å²) in [7, 11) is 0. The molecule has 0 bridgehead atoms. The molecule has 0 amide bonds. The molecule has 0 aliphatic carbocycles. The van der Waals surface area contributed by atoms with Crippen LogP contribution in [0.1, 0.15) is 123 Å². The summed E-state index contributed by atoms with van der Waals surface area (Å²) in [4.78, 5) is 0. The maximum atomic E-state index is 9.38. The van der Waals surface area contributed by atoms with Gasteiger partial charge in [-0.25, -0.2) is 0 Å². The molecule has 176 valence electrons. The summed E-state index contributed by atoms with van der Waals surface area (Å²) < 4.78 is 0.894. The van der Waals surface area contributed by atoms with Crippen molar-refractivity contribution in [2.45, 2.75) is 129 Å². The minimum Gasteiger partial charge on any atom is -0.390 e. The molecule has 0 aromatic heterocycles. The van der Waals surface area contributed by atoms with E-state index in [0.717, 1.165) is 17.6 Å². The number of hydrogen-bond donors (Lipinski definition) is 2. The highest BCUT2D eigenvalue weighted by Crippen LogP contribution is 2.22. The maximum absolute atomic E-state index is 9.38. The number of unbranched alkanes of at least 4 members (excludes halogenated alkanes) is 14. The van der Waals surface area contributed by atoms with Gasteiger partial charge in [-0.1, -0.05) is 89.7 Å². The minimum absolute atomic E-state index is 0.262. The SMILES string of the molecule is CCCCCCCCCCCCCC/C=C/CCCCC1NC=C[N+]1(CC)CCO. The Bertz CT molecular complexity index is 435. The normalized spacial score (nSPS) is 21.0. The second-order valence-corrected chi connectivity index (χ2v) is 9.30. The third-order valence-electron chi connectivity index (χ3n) is 6.88. The van der Waals surface area contributed by atoms with E-state index >= 15 is 0 Å². The summed E-state index contributed by atoms with van der Waals surface area (Å²) in [5.41, 5.74) is 0. The molecular weight excluding hydrogens is 368 g/mol. The molecule has 2 N–H and O–H groups in total. The van der Waals surface area contributed by atoms with Gasteiger partial charge in [0.15, 0.2) is 6.17 Å². The molecule has 0 spiro atoms. The van der Waals surface area contributed by atoms with Gasteiger partial charge in [-0.15, -0.1) is 0 Å². The Labute approximate surface area is 188 Å². The topological polar surface area (TPSA) is 32.3 Å². The van der Waals surface area contributed by atoms with E-state index in [-0.39, 0.29) is 6.61 Å². The zero-order valence-corrected chi connectivity index (χ0v) is 20.4. The molecule has 0 radical (unpaired) electrons. The lowest BCUT2D eigenvalue weighted by Gasteiger charge is -2.36. The number of aliphatic hydroxyl groups excluding tert-OH is 1. The largest absolute Gasteiger partial charge is 0.390 e. The number of rotatable bonds is 21. The van der Waals surface area contributed by atoms with Crippen LogP contribution in [0.5, 0.6) is 0 Å². The first-order valence-electron chi connectivity index (χ1n) is 13.3. The van der Waals surface area contributed by atoms with Crippen molar-refractivity contribution in [3.63, 3.8) is 0 Å². The quantitative estimate of drug-likeness (QED) is 0.115. The molecule has 1 heterocycles. The Morgan fingerprint density at radius 2 is 1.30 bits per heavy atom. The second-order valence-electron chi connectivity index (χ2n) is 9.30.